The first-order chi connectivity index (χ1) is 17.2. The van der Waals surface area contributed by atoms with E-state index in [-0.39, 0.29) is 23.5 Å². The van der Waals surface area contributed by atoms with E-state index < -0.39 is 15.9 Å². The van der Waals surface area contributed by atoms with Gasteiger partial charge in [0.1, 0.15) is 0 Å². The molecule has 2 aliphatic rings. The van der Waals surface area contributed by atoms with Crippen LogP contribution >= 0.6 is 11.3 Å². The minimum atomic E-state index is -3.66. The molecule has 2 aromatic carbocycles. The summed E-state index contributed by atoms with van der Waals surface area (Å²) >= 11 is 1.52. The van der Waals surface area contributed by atoms with Crippen LogP contribution in [-0.4, -0.2) is 56.0 Å². The van der Waals surface area contributed by atoms with Crippen LogP contribution in [0.3, 0.4) is 0 Å². The van der Waals surface area contributed by atoms with Gasteiger partial charge >= 0.3 is 0 Å². The number of aromatic nitrogens is 1. The second-order valence-corrected chi connectivity index (χ2v) is 12.9. The van der Waals surface area contributed by atoms with Crippen LogP contribution < -0.4 is 4.90 Å². The SMILES string of the molecule is Cc1ccc(S(=O)(=O)N2CCCC(C(=O)N(CC3CCCO3)c3nc4cc(C)c(C)cc4s3)C2)cc1. The van der Waals surface area contributed by atoms with Crippen molar-refractivity contribution in [2.45, 2.75) is 57.5 Å². The second-order valence-electron chi connectivity index (χ2n) is 10.00. The molecule has 1 aromatic heterocycles. The van der Waals surface area contributed by atoms with Crippen LogP contribution in [0.25, 0.3) is 10.2 Å². The third kappa shape index (κ3) is 5.07. The Kier molecular flexibility index (Phi) is 7.18. The van der Waals surface area contributed by atoms with Crippen LogP contribution in [0, 0.1) is 26.7 Å². The van der Waals surface area contributed by atoms with Crippen LogP contribution in [0.1, 0.15) is 42.4 Å². The van der Waals surface area contributed by atoms with Gasteiger partial charge in [-0.25, -0.2) is 13.4 Å². The van der Waals surface area contributed by atoms with Crippen molar-refractivity contribution in [3.05, 3.63) is 53.1 Å². The zero-order valence-corrected chi connectivity index (χ0v) is 22.7. The summed E-state index contributed by atoms with van der Waals surface area (Å²) in [6, 6.07) is 11.1. The molecule has 2 aliphatic heterocycles. The molecule has 2 fully saturated rings. The first-order valence-electron chi connectivity index (χ1n) is 12.6. The predicted molar refractivity (Wildman–Crippen MR) is 143 cm³/mol. The van der Waals surface area contributed by atoms with Gasteiger partial charge < -0.3 is 4.74 Å². The van der Waals surface area contributed by atoms with Crippen molar-refractivity contribution in [2.24, 2.45) is 5.92 Å². The molecule has 2 saturated heterocycles. The summed E-state index contributed by atoms with van der Waals surface area (Å²) in [4.78, 5) is 20.8. The molecule has 0 aliphatic carbocycles. The Morgan fingerprint density at radius 1 is 1.11 bits per heavy atom. The number of hydrogen-bond donors (Lipinski definition) is 0. The molecule has 0 N–H and O–H groups in total. The summed E-state index contributed by atoms with van der Waals surface area (Å²) < 4.78 is 35.1. The normalized spacial score (nSPS) is 21.2. The molecule has 192 valence electrons. The van der Waals surface area contributed by atoms with Crippen LogP contribution in [0.5, 0.6) is 0 Å². The molecule has 0 spiro atoms. The highest BCUT2D eigenvalue weighted by atomic mass is 32.2. The number of ether oxygens (including phenoxy) is 1. The molecule has 2 atom stereocenters. The van der Waals surface area contributed by atoms with Crippen molar-refractivity contribution in [1.29, 1.82) is 0 Å². The molecule has 7 nitrogen and oxygen atoms in total. The number of rotatable bonds is 6. The summed E-state index contributed by atoms with van der Waals surface area (Å²) in [6.07, 6.45) is 3.17. The Labute approximate surface area is 217 Å². The average Bonchev–Trinajstić information content (AvgIpc) is 3.52. The summed E-state index contributed by atoms with van der Waals surface area (Å²) in [5.74, 6) is -0.488. The molecule has 36 heavy (non-hydrogen) atoms. The number of benzene rings is 2. The predicted octanol–water partition coefficient (Wildman–Crippen LogP) is 4.83. The molecular formula is C27H33N3O4S2. The van der Waals surface area contributed by atoms with E-state index in [1.807, 2.05) is 6.92 Å². The molecule has 1 amide bonds. The number of amides is 1. The fraction of sp³-hybridized carbons (Fsp3) is 0.481. The van der Waals surface area contributed by atoms with E-state index in [1.165, 1.54) is 26.8 Å². The lowest BCUT2D eigenvalue weighted by Crippen LogP contribution is -2.48. The van der Waals surface area contributed by atoms with E-state index in [1.54, 1.807) is 29.2 Å². The average molecular weight is 528 g/mol. The van der Waals surface area contributed by atoms with Crippen LogP contribution in [-0.2, 0) is 19.6 Å². The van der Waals surface area contributed by atoms with Gasteiger partial charge in [-0.15, -0.1) is 0 Å². The van der Waals surface area contributed by atoms with Gasteiger partial charge in [-0.2, -0.15) is 4.31 Å². The van der Waals surface area contributed by atoms with Gasteiger partial charge in [-0.1, -0.05) is 29.0 Å². The summed E-state index contributed by atoms with van der Waals surface area (Å²) in [7, 11) is -3.66. The van der Waals surface area contributed by atoms with Crippen molar-refractivity contribution >= 4 is 42.6 Å². The van der Waals surface area contributed by atoms with Crippen molar-refractivity contribution < 1.29 is 17.9 Å². The summed E-state index contributed by atoms with van der Waals surface area (Å²) in [6.45, 7) is 7.82. The third-order valence-electron chi connectivity index (χ3n) is 7.29. The van der Waals surface area contributed by atoms with Crippen LogP contribution in [0.4, 0.5) is 5.13 Å². The molecule has 3 aromatic rings. The molecule has 2 unspecified atom stereocenters. The summed E-state index contributed by atoms with van der Waals surface area (Å²) in [5.41, 5.74) is 4.25. The number of aryl methyl sites for hydroxylation is 3. The highest BCUT2D eigenvalue weighted by Crippen LogP contribution is 2.34. The molecule has 0 radical (unpaired) electrons. The minimum absolute atomic E-state index is 0.0274. The smallest absolute Gasteiger partial charge is 0.243 e. The molecule has 9 heteroatoms. The number of carbonyl (C=O) groups is 1. The maximum Gasteiger partial charge on any atom is 0.243 e. The van der Waals surface area contributed by atoms with E-state index in [9.17, 15) is 13.2 Å². The van der Waals surface area contributed by atoms with Gasteiger partial charge in [0.2, 0.25) is 15.9 Å². The van der Waals surface area contributed by atoms with Gasteiger partial charge in [0, 0.05) is 19.7 Å². The van der Waals surface area contributed by atoms with Crippen molar-refractivity contribution in [3.63, 3.8) is 0 Å². The largest absolute Gasteiger partial charge is 0.376 e. The van der Waals surface area contributed by atoms with Gasteiger partial charge in [0.05, 0.1) is 33.7 Å². The van der Waals surface area contributed by atoms with Gasteiger partial charge in [-0.3, -0.25) is 9.69 Å². The highest BCUT2D eigenvalue weighted by molar-refractivity contribution is 7.89. The number of thiazole rings is 1. The molecule has 0 bridgehead atoms. The van der Waals surface area contributed by atoms with Gasteiger partial charge in [-0.05, 0) is 81.8 Å². The van der Waals surface area contributed by atoms with Crippen LogP contribution in [0.2, 0.25) is 0 Å². The third-order valence-corrected chi connectivity index (χ3v) is 10.2. The number of anilines is 1. The second kappa shape index (κ2) is 10.2. The maximum absolute atomic E-state index is 14.0. The zero-order valence-electron chi connectivity index (χ0n) is 21.1. The van der Waals surface area contributed by atoms with Crippen molar-refractivity contribution in [1.82, 2.24) is 9.29 Å². The number of hydrogen-bond acceptors (Lipinski definition) is 6. The number of carbonyl (C=O) groups excluding carboxylic acids is 1. The lowest BCUT2D eigenvalue weighted by Gasteiger charge is -2.34. The van der Waals surface area contributed by atoms with Gasteiger partial charge in [0.25, 0.3) is 0 Å². The standard InChI is InChI=1S/C27H33N3O4S2/c1-18-8-10-23(11-9-18)36(32,33)29-12-4-6-21(16-29)26(31)30(17-22-7-5-13-34-22)27-28-24-14-19(2)20(3)15-25(24)35-27/h8-11,14-15,21-22H,4-7,12-13,16-17H2,1-3H3. The van der Waals surface area contributed by atoms with E-state index in [4.69, 9.17) is 9.72 Å². The zero-order chi connectivity index (χ0) is 25.4. The molecule has 3 heterocycles. The van der Waals surface area contributed by atoms with E-state index >= 15 is 0 Å². The lowest BCUT2D eigenvalue weighted by atomic mass is 9.98. The Morgan fingerprint density at radius 2 is 1.86 bits per heavy atom. The van der Waals surface area contributed by atoms with E-state index in [0.717, 1.165) is 28.6 Å². The summed E-state index contributed by atoms with van der Waals surface area (Å²) in [5, 5.41) is 0.661. The molecular weight excluding hydrogens is 494 g/mol. The fourth-order valence-corrected chi connectivity index (χ4v) is 7.56. The Bertz CT molecular complexity index is 1320. The van der Waals surface area contributed by atoms with Crippen molar-refractivity contribution in [2.75, 3.05) is 31.1 Å². The molecule has 0 saturated carbocycles. The maximum atomic E-state index is 14.0. The fourth-order valence-electron chi connectivity index (χ4n) is 4.98. The van der Waals surface area contributed by atoms with Gasteiger partial charge in [0.15, 0.2) is 5.13 Å². The number of piperidine rings is 1. The Morgan fingerprint density at radius 3 is 2.58 bits per heavy atom. The monoisotopic (exact) mass is 527 g/mol. The molecule has 5 rings (SSSR count). The lowest BCUT2D eigenvalue weighted by molar-refractivity contribution is -0.123. The number of fused-ring (bicyclic) bond motifs is 1. The van der Waals surface area contributed by atoms with Crippen LogP contribution in [0.15, 0.2) is 41.3 Å². The van der Waals surface area contributed by atoms with Crippen molar-refractivity contribution in [3.8, 4) is 0 Å². The number of nitrogens with zero attached hydrogens (tertiary/aromatic N) is 3. The Balaban J connectivity index is 1.42. The quantitative estimate of drug-likeness (QED) is 0.459. The number of sulfonamides is 1. The minimum Gasteiger partial charge on any atom is -0.376 e. The first kappa shape index (κ1) is 25.3. The first-order valence-corrected chi connectivity index (χ1v) is 14.9. The topological polar surface area (TPSA) is 79.8 Å². The Hall–Kier alpha value is -2.33. The van der Waals surface area contributed by atoms with E-state index in [2.05, 4.69) is 26.0 Å². The highest BCUT2D eigenvalue weighted by Gasteiger charge is 2.37. The van der Waals surface area contributed by atoms with E-state index in [0.29, 0.717) is 37.7 Å².